The minimum atomic E-state index is -2.61. The third-order valence-corrected chi connectivity index (χ3v) is 2.76. The van der Waals surface area contributed by atoms with Gasteiger partial charge in [-0.25, -0.2) is 8.42 Å². The number of aromatic amines is 1. The molecule has 0 aliphatic carbocycles. The Labute approximate surface area is 86.1 Å². The number of nitrogens with zero attached hydrogens (tertiary/aromatic N) is 3. The first-order chi connectivity index (χ1) is 7.22. The Balaban J connectivity index is 2.71. The monoisotopic (exact) mass is 222 g/mol. The summed E-state index contributed by atoms with van der Waals surface area (Å²) < 4.78 is 21.6. The van der Waals surface area contributed by atoms with Crippen molar-refractivity contribution >= 4 is 27.3 Å². The molecule has 0 saturated carbocycles. The Morgan fingerprint density at radius 2 is 2.20 bits per heavy atom. The molecule has 6 nitrogen and oxygen atoms in total. The van der Waals surface area contributed by atoms with Crippen LogP contribution < -0.4 is 0 Å². The van der Waals surface area contributed by atoms with Crippen LogP contribution in [0.3, 0.4) is 0 Å². The molecule has 0 spiro atoms. The van der Waals surface area contributed by atoms with Gasteiger partial charge in [0, 0.05) is 27.7 Å². The third kappa shape index (κ3) is 1.65. The summed E-state index contributed by atoms with van der Waals surface area (Å²) in [4.78, 5) is 5.69. The van der Waals surface area contributed by atoms with Crippen molar-refractivity contribution in [2.24, 2.45) is 5.11 Å². The molecular formula is C8H6N4O2S. The van der Waals surface area contributed by atoms with Crippen LogP contribution in [0.15, 0.2) is 34.4 Å². The van der Waals surface area contributed by atoms with Crippen molar-refractivity contribution in [3.8, 4) is 0 Å². The van der Waals surface area contributed by atoms with Gasteiger partial charge in [-0.15, -0.1) is 0 Å². The van der Waals surface area contributed by atoms with Crippen molar-refractivity contribution in [1.82, 2.24) is 4.98 Å². The summed E-state index contributed by atoms with van der Waals surface area (Å²) in [5.41, 5.74) is 9.31. The molecule has 1 heterocycles. The van der Waals surface area contributed by atoms with E-state index in [1.165, 1.54) is 6.20 Å². The van der Waals surface area contributed by atoms with Gasteiger partial charge in [0.15, 0.2) is 10.7 Å². The minimum absolute atomic E-state index is 0.243. The number of rotatable bonds is 2. The van der Waals surface area contributed by atoms with Crippen LogP contribution >= 0.6 is 0 Å². The van der Waals surface area contributed by atoms with Crippen LogP contribution in [0.5, 0.6) is 0 Å². The zero-order valence-corrected chi connectivity index (χ0v) is 8.31. The van der Waals surface area contributed by atoms with Crippen LogP contribution in [0, 0.1) is 0 Å². The van der Waals surface area contributed by atoms with Crippen molar-refractivity contribution in [2.75, 3.05) is 0 Å². The number of aromatic nitrogens is 1. The van der Waals surface area contributed by atoms with Crippen LogP contribution in [-0.4, -0.2) is 13.4 Å². The minimum Gasteiger partial charge on any atom is -0.360 e. The maximum atomic E-state index is 10.8. The molecule has 0 bridgehead atoms. The number of nitrogens with one attached hydrogen (secondary N) is 1. The van der Waals surface area contributed by atoms with E-state index in [0.717, 1.165) is 0 Å². The van der Waals surface area contributed by atoms with Crippen LogP contribution in [0.2, 0.25) is 0 Å². The van der Waals surface area contributed by atoms with Gasteiger partial charge < -0.3 is 4.98 Å². The van der Waals surface area contributed by atoms with E-state index in [1.807, 2.05) is 0 Å². The summed E-state index contributed by atoms with van der Waals surface area (Å²) in [7, 11) is -2.61. The van der Waals surface area contributed by atoms with E-state index in [1.54, 1.807) is 18.2 Å². The highest BCUT2D eigenvalue weighted by Crippen LogP contribution is 2.24. The molecule has 1 aromatic heterocycles. The number of azide groups is 1. The lowest BCUT2D eigenvalue weighted by atomic mass is 10.2. The van der Waals surface area contributed by atoms with E-state index in [2.05, 4.69) is 15.0 Å². The van der Waals surface area contributed by atoms with E-state index in [0.29, 0.717) is 16.6 Å². The van der Waals surface area contributed by atoms with E-state index in [4.69, 9.17) is 5.53 Å². The number of benzene rings is 1. The molecule has 15 heavy (non-hydrogen) atoms. The van der Waals surface area contributed by atoms with Gasteiger partial charge >= 0.3 is 0 Å². The molecule has 1 aromatic carbocycles. The first kappa shape index (κ1) is 9.57. The Kier molecular flexibility index (Phi) is 2.32. The second-order valence-corrected chi connectivity index (χ2v) is 3.85. The molecule has 0 atom stereocenters. The van der Waals surface area contributed by atoms with Gasteiger partial charge in [0.25, 0.3) is 0 Å². The quantitative estimate of drug-likeness (QED) is 0.352. The SMILES string of the molecule is [N-]=[N+]=Nc1ccc2c([SH](=O)=O)c[nH]c2c1. The summed E-state index contributed by atoms with van der Waals surface area (Å²) in [6.07, 6.45) is 1.41. The lowest BCUT2D eigenvalue weighted by molar-refractivity contribution is 0.615. The van der Waals surface area contributed by atoms with Crippen LogP contribution in [0.4, 0.5) is 5.69 Å². The second kappa shape index (κ2) is 3.64. The summed E-state index contributed by atoms with van der Waals surface area (Å²) in [6, 6.07) is 4.77. The smallest absolute Gasteiger partial charge is 0.170 e. The average Bonchev–Trinajstić information content (AvgIpc) is 2.61. The topological polar surface area (TPSA) is 98.7 Å². The van der Waals surface area contributed by atoms with Crippen molar-refractivity contribution in [3.63, 3.8) is 0 Å². The maximum absolute atomic E-state index is 10.8. The normalized spacial score (nSPS) is 10.5. The van der Waals surface area contributed by atoms with Gasteiger partial charge in [-0.2, -0.15) is 0 Å². The maximum Gasteiger partial charge on any atom is 0.170 e. The van der Waals surface area contributed by atoms with E-state index < -0.39 is 10.7 Å². The molecule has 0 fully saturated rings. The summed E-state index contributed by atoms with van der Waals surface area (Å²) >= 11 is 0. The molecule has 0 aliphatic rings. The molecule has 76 valence electrons. The molecular weight excluding hydrogens is 216 g/mol. The second-order valence-electron chi connectivity index (χ2n) is 2.85. The molecule has 7 heteroatoms. The van der Waals surface area contributed by atoms with E-state index in [9.17, 15) is 8.42 Å². The highest BCUT2D eigenvalue weighted by Gasteiger charge is 2.05. The molecule has 0 radical (unpaired) electrons. The lowest BCUT2D eigenvalue weighted by Crippen LogP contribution is -1.75. The Morgan fingerprint density at radius 3 is 2.87 bits per heavy atom. The predicted molar refractivity (Wildman–Crippen MR) is 55.7 cm³/mol. The molecule has 0 saturated heterocycles. The van der Waals surface area contributed by atoms with Crippen molar-refractivity contribution in [3.05, 3.63) is 34.8 Å². The Bertz CT molecular complexity index is 629. The van der Waals surface area contributed by atoms with Gasteiger partial charge in [0.2, 0.25) is 0 Å². The molecule has 1 N–H and O–H groups in total. The summed E-state index contributed by atoms with van der Waals surface area (Å²) in [5.74, 6) is 0. The predicted octanol–water partition coefficient (Wildman–Crippen LogP) is 2.08. The number of thiol groups is 1. The van der Waals surface area contributed by atoms with Gasteiger partial charge in [0.1, 0.15) is 0 Å². The summed E-state index contributed by atoms with van der Waals surface area (Å²) in [5, 5.41) is 4.02. The number of hydrogen-bond donors (Lipinski definition) is 2. The lowest BCUT2D eigenvalue weighted by Gasteiger charge is -1.92. The van der Waals surface area contributed by atoms with Crippen molar-refractivity contribution in [2.45, 2.75) is 4.90 Å². The Morgan fingerprint density at radius 1 is 1.40 bits per heavy atom. The van der Waals surface area contributed by atoms with Gasteiger partial charge in [0.05, 0.1) is 4.90 Å². The van der Waals surface area contributed by atoms with Crippen molar-refractivity contribution < 1.29 is 8.42 Å². The molecule has 0 amide bonds. The average molecular weight is 222 g/mol. The van der Waals surface area contributed by atoms with Gasteiger partial charge in [-0.05, 0) is 11.6 Å². The third-order valence-electron chi connectivity index (χ3n) is 2.00. The van der Waals surface area contributed by atoms with Gasteiger partial charge in [-0.1, -0.05) is 17.2 Å². The van der Waals surface area contributed by atoms with Gasteiger partial charge in [-0.3, -0.25) is 0 Å². The molecule has 0 aliphatic heterocycles. The molecule has 2 aromatic rings. The molecule has 2 rings (SSSR count). The fourth-order valence-corrected chi connectivity index (χ4v) is 1.93. The highest BCUT2D eigenvalue weighted by atomic mass is 32.2. The fraction of sp³-hybridized carbons (Fsp3) is 0. The van der Waals surface area contributed by atoms with Crippen LogP contribution in [0.25, 0.3) is 21.3 Å². The van der Waals surface area contributed by atoms with E-state index >= 15 is 0 Å². The first-order valence-electron chi connectivity index (χ1n) is 4.03. The van der Waals surface area contributed by atoms with Crippen LogP contribution in [-0.2, 0) is 10.7 Å². The van der Waals surface area contributed by atoms with Crippen molar-refractivity contribution in [1.29, 1.82) is 0 Å². The zero-order chi connectivity index (χ0) is 10.8. The summed E-state index contributed by atoms with van der Waals surface area (Å²) in [6.45, 7) is 0. The number of hydrogen-bond acceptors (Lipinski definition) is 3. The highest BCUT2D eigenvalue weighted by molar-refractivity contribution is 7.72. The zero-order valence-electron chi connectivity index (χ0n) is 7.41. The largest absolute Gasteiger partial charge is 0.360 e. The van der Waals surface area contributed by atoms with E-state index in [-0.39, 0.29) is 4.90 Å². The Hall–Kier alpha value is -1.98. The standard InChI is InChI=1S/C8H6N4O2S/c9-12-11-5-1-2-6-7(3-5)10-4-8(6)15(13)14/h1-4,10,15H. The first-order valence-corrected chi connectivity index (χ1v) is 5.21. The fourth-order valence-electron chi connectivity index (χ4n) is 1.36. The number of H-pyrrole nitrogens is 1. The van der Waals surface area contributed by atoms with Crippen LogP contribution in [0.1, 0.15) is 0 Å². The molecule has 0 unspecified atom stereocenters. The number of fused-ring (bicyclic) bond motifs is 1.